The van der Waals surface area contributed by atoms with Crippen molar-refractivity contribution in [3.05, 3.63) is 0 Å². The molecule has 0 aromatic rings. The number of esters is 1. The van der Waals surface area contributed by atoms with Crippen LogP contribution in [0, 0.1) is 0 Å². The Labute approximate surface area is 96.4 Å². The molecule has 0 aromatic heterocycles. The van der Waals surface area contributed by atoms with Gasteiger partial charge in [-0.05, 0) is 40.0 Å². The zero-order chi connectivity index (χ0) is 12.0. The minimum Gasteiger partial charge on any atom is -0.459 e. The summed E-state index contributed by atoms with van der Waals surface area (Å²) in [5.74, 6) is -0.207. The highest BCUT2D eigenvalue weighted by molar-refractivity contribution is 5.82. The number of piperidine rings is 1. The van der Waals surface area contributed by atoms with E-state index in [9.17, 15) is 9.90 Å². The number of aliphatic hydroxyl groups excluding tert-OH is 1. The van der Waals surface area contributed by atoms with E-state index in [0.29, 0.717) is 6.42 Å². The van der Waals surface area contributed by atoms with Crippen molar-refractivity contribution in [3.63, 3.8) is 0 Å². The first-order valence-corrected chi connectivity index (χ1v) is 6.00. The molecule has 0 spiro atoms. The zero-order valence-corrected chi connectivity index (χ0v) is 10.2. The maximum atomic E-state index is 12.1. The molecular formula is C12H21NO3. The first kappa shape index (κ1) is 11.9. The number of nitrogens with one attached hydrogen (secondary N) is 1. The van der Waals surface area contributed by atoms with E-state index in [1.54, 1.807) is 0 Å². The molecule has 0 radical (unpaired) electrons. The van der Waals surface area contributed by atoms with E-state index >= 15 is 0 Å². The summed E-state index contributed by atoms with van der Waals surface area (Å²) in [5, 5.41) is 13.1. The van der Waals surface area contributed by atoms with Crippen LogP contribution in [0.25, 0.3) is 0 Å². The second-order valence-corrected chi connectivity index (χ2v) is 6.06. The summed E-state index contributed by atoms with van der Waals surface area (Å²) in [7, 11) is 0. The van der Waals surface area contributed by atoms with E-state index in [2.05, 4.69) is 5.32 Å². The fourth-order valence-corrected chi connectivity index (χ4v) is 2.73. The Hall–Kier alpha value is -0.610. The molecule has 92 valence electrons. The van der Waals surface area contributed by atoms with E-state index < -0.39 is 11.1 Å². The van der Waals surface area contributed by atoms with Gasteiger partial charge in [0.1, 0.15) is 11.1 Å². The molecule has 2 fully saturated rings. The fraction of sp³-hybridized carbons (Fsp3) is 0.917. The highest BCUT2D eigenvalue weighted by Gasteiger charge is 2.51. The average molecular weight is 227 g/mol. The molecule has 2 heterocycles. The minimum absolute atomic E-state index is 0.207. The topological polar surface area (TPSA) is 58.6 Å². The van der Waals surface area contributed by atoms with Gasteiger partial charge in [0.05, 0.1) is 6.10 Å². The van der Waals surface area contributed by atoms with Gasteiger partial charge in [-0.3, -0.25) is 10.1 Å². The molecule has 0 saturated carbocycles. The van der Waals surface area contributed by atoms with Crippen molar-refractivity contribution >= 4 is 5.97 Å². The van der Waals surface area contributed by atoms with Crippen LogP contribution in [-0.4, -0.2) is 34.4 Å². The van der Waals surface area contributed by atoms with Gasteiger partial charge in [0, 0.05) is 12.5 Å². The molecule has 0 amide bonds. The molecule has 2 N–H and O–H groups in total. The second kappa shape index (κ2) is 3.70. The molecule has 4 nitrogen and oxygen atoms in total. The van der Waals surface area contributed by atoms with Crippen LogP contribution in [0.4, 0.5) is 0 Å². The van der Waals surface area contributed by atoms with Gasteiger partial charge in [-0.2, -0.15) is 0 Å². The van der Waals surface area contributed by atoms with Crippen molar-refractivity contribution in [1.29, 1.82) is 0 Å². The summed E-state index contributed by atoms with van der Waals surface area (Å²) < 4.78 is 5.43. The number of fused-ring (bicyclic) bond motifs is 2. The quantitative estimate of drug-likeness (QED) is 0.655. The standard InChI is InChI=1S/C12H21NO3/c1-11(2,3)16-10(15)12-5-4-8(13-12)6-9(14)7-12/h8-9,13-14H,4-7H2,1-3H3/t8-,9+,12+/m0/s1. The van der Waals surface area contributed by atoms with Crippen LogP contribution in [-0.2, 0) is 9.53 Å². The molecule has 2 aliphatic heterocycles. The smallest absolute Gasteiger partial charge is 0.326 e. The summed E-state index contributed by atoms with van der Waals surface area (Å²) in [4.78, 5) is 12.1. The summed E-state index contributed by atoms with van der Waals surface area (Å²) in [6.07, 6.45) is 2.60. The van der Waals surface area contributed by atoms with Crippen LogP contribution in [0.5, 0.6) is 0 Å². The van der Waals surface area contributed by atoms with Crippen molar-refractivity contribution < 1.29 is 14.6 Å². The van der Waals surface area contributed by atoms with Crippen molar-refractivity contribution in [2.45, 2.75) is 69.7 Å². The number of aliphatic hydroxyl groups is 1. The highest BCUT2D eigenvalue weighted by atomic mass is 16.6. The third-order valence-electron chi connectivity index (χ3n) is 3.33. The van der Waals surface area contributed by atoms with Gasteiger partial charge >= 0.3 is 5.97 Å². The average Bonchev–Trinajstić information content (AvgIpc) is 2.40. The number of hydrogen-bond donors (Lipinski definition) is 2. The third-order valence-corrected chi connectivity index (χ3v) is 3.33. The van der Waals surface area contributed by atoms with Gasteiger partial charge in [-0.1, -0.05) is 0 Å². The predicted octanol–water partition coefficient (Wildman–Crippen LogP) is 0.974. The Morgan fingerprint density at radius 2 is 2.19 bits per heavy atom. The van der Waals surface area contributed by atoms with Crippen molar-refractivity contribution in [2.75, 3.05) is 0 Å². The maximum Gasteiger partial charge on any atom is 0.326 e. The molecule has 0 aliphatic carbocycles. The predicted molar refractivity (Wildman–Crippen MR) is 60.0 cm³/mol. The van der Waals surface area contributed by atoms with Gasteiger partial charge in [-0.25, -0.2) is 0 Å². The van der Waals surface area contributed by atoms with Crippen LogP contribution >= 0.6 is 0 Å². The molecule has 2 rings (SSSR count). The fourth-order valence-electron chi connectivity index (χ4n) is 2.73. The Kier molecular flexibility index (Phi) is 2.75. The van der Waals surface area contributed by atoms with Gasteiger partial charge in [-0.15, -0.1) is 0 Å². The Morgan fingerprint density at radius 1 is 1.50 bits per heavy atom. The molecule has 0 unspecified atom stereocenters. The van der Waals surface area contributed by atoms with Crippen molar-refractivity contribution in [1.82, 2.24) is 5.32 Å². The van der Waals surface area contributed by atoms with Gasteiger partial charge in [0.25, 0.3) is 0 Å². The monoisotopic (exact) mass is 227 g/mol. The first-order valence-electron chi connectivity index (χ1n) is 6.00. The molecule has 3 atom stereocenters. The normalized spacial score (nSPS) is 38.5. The number of rotatable bonds is 1. The lowest BCUT2D eigenvalue weighted by Crippen LogP contribution is -2.57. The Morgan fingerprint density at radius 3 is 2.81 bits per heavy atom. The summed E-state index contributed by atoms with van der Waals surface area (Å²) in [6.45, 7) is 5.60. The molecule has 2 saturated heterocycles. The van der Waals surface area contributed by atoms with Gasteiger partial charge < -0.3 is 9.84 Å². The number of hydrogen-bond acceptors (Lipinski definition) is 4. The van der Waals surface area contributed by atoms with Crippen LogP contribution in [0.1, 0.15) is 46.5 Å². The molecule has 2 bridgehead atoms. The molecule has 16 heavy (non-hydrogen) atoms. The van der Waals surface area contributed by atoms with E-state index in [-0.39, 0.29) is 18.1 Å². The van der Waals surface area contributed by atoms with Crippen LogP contribution < -0.4 is 5.32 Å². The van der Waals surface area contributed by atoms with Crippen LogP contribution in [0.15, 0.2) is 0 Å². The van der Waals surface area contributed by atoms with E-state index in [1.165, 1.54) is 0 Å². The summed E-state index contributed by atoms with van der Waals surface area (Å²) in [5.41, 5.74) is -1.09. The molecule has 4 heteroatoms. The lowest BCUT2D eigenvalue weighted by molar-refractivity contribution is -0.165. The van der Waals surface area contributed by atoms with Gasteiger partial charge in [0.2, 0.25) is 0 Å². The summed E-state index contributed by atoms with van der Waals surface area (Å²) in [6, 6.07) is 0.274. The number of ether oxygens (including phenoxy) is 1. The first-order chi connectivity index (χ1) is 7.31. The molecular weight excluding hydrogens is 206 g/mol. The van der Waals surface area contributed by atoms with Crippen molar-refractivity contribution in [2.24, 2.45) is 0 Å². The van der Waals surface area contributed by atoms with E-state index in [0.717, 1.165) is 19.3 Å². The van der Waals surface area contributed by atoms with Gasteiger partial charge in [0.15, 0.2) is 0 Å². The minimum atomic E-state index is -0.629. The Balaban J connectivity index is 2.10. The van der Waals surface area contributed by atoms with Crippen LogP contribution in [0.2, 0.25) is 0 Å². The maximum absolute atomic E-state index is 12.1. The second-order valence-electron chi connectivity index (χ2n) is 6.06. The highest BCUT2D eigenvalue weighted by Crippen LogP contribution is 2.37. The summed E-state index contributed by atoms with van der Waals surface area (Å²) >= 11 is 0. The van der Waals surface area contributed by atoms with E-state index in [1.807, 2.05) is 20.8 Å². The zero-order valence-electron chi connectivity index (χ0n) is 10.2. The third kappa shape index (κ3) is 2.23. The lowest BCUT2D eigenvalue weighted by Gasteiger charge is -2.37. The van der Waals surface area contributed by atoms with Crippen LogP contribution in [0.3, 0.4) is 0 Å². The van der Waals surface area contributed by atoms with E-state index in [4.69, 9.17) is 4.74 Å². The molecule has 0 aromatic carbocycles. The molecule has 2 aliphatic rings. The Bertz CT molecular complexity index is 297. The SMILES string of the molecule is CC(C)(C)OC(=O)[C@@]12CC[C@@H](C[C@@H](O)C1)N2. The number of carbonyl (C=O) groups is 1. The largest absolute Gasteiger partial charge is 0.459 e. The lowest BCUT2D eigenvalue weighted by atomic mass is 9.88. The van der Waals surface area contributed by atoms with Crippen molar-refractivity contribution in [3.8, 4) is 0 Å². The number of carbonyl (C=O) groups excluding carboxylic acids is 1.